The summed E-state index contributed by atoms with van der Waals surface area (Å²) < 4.78 is 16.0. The third kappa shape index (κ3) is 4.37. The Bertz CT molecular complexity index is 654. The van der Waals surface area contributed by atoms with E-state index in [1.807, 2.05) is 0 Å². The van der Waals surface area contributed by atoms with Gasteiger partial charge >= 0.3 is 0 Å². The lowest BCUT2D eigenvalue weighted by Crippen LogP contribution is -2.11. The van der Waals surface area contributed by atoms with Crippen molar-refractivity contribution in [2.45, 2.75) is 13.8 Å². The van der Waals surface area contributed by atoms with Crippen LogP contribution in [0.1, 0.15) is 13.8 Å². The van der Waals surface area contributed by atoms with E-state index in [9.17, 15) is 0 Å². The van der Waals surface area contributed by atoms with Gasteiger partial charge in [0.15, 0.2) is 17.3 Å². The van der Waals surface area contributed by atoms with Crippen LogP contribution < -0.4 is 24.8 Å². The maximum Gasteiger partial charge on any atom is 0.244 e. The first-order chi connectivity index (χ1) is 11.6. The summed E-state index contributed by atoms with van der Waals surface area (Å²) in [7, 11) is 4.71. The number of hydrogen-bond acceptors (Lipinski definition) is 8. The van der Waals surface area contributed by atoms with E-state index in [0.29, 0.717) is 34.9 Å². The molecule has 0 saturated carbocycles. The summed E-state index contributed by atoms with van der Waals surface area (Å²) >= 11 is 0. The number of anilines is 3. The van der Waals surface area contributed by atoms with E-state index in [1.165, 1.54) is 0 Å². The number of methoxy groups -OCH3 is 3. The summed E-state index contributed by atoms with van der Waals surface area (Å²) in [4.78, 5) is 4.38. The largest absolute Gasteiger partial charge is 0.493 e. The van der Waals surface area contributed by atoms with Gasteiger partial charge in [0.1, 0.15) is 0 Å². The number of nitrogens with one attached hydrogen (secondary N) is 2. The molecule has 0 bridgehead atoms. The highest BCUT2D eigenvalue weighted by Crippen LogP contribution is 2.40. The number of ether oxygens (including phenoxy) is 3. The number of aromatic nitrogens is 3. The van der Waals surface area contributed by atoms with Gasteiger partial charge in [-0.05, 0) is 5.92 Å². The highest BCUT2D eigenvalue weighted by molar-refractivity contribution is 5.66. The third-order valence-electron chi connectivity index (χ3n) is 3.16. The van der Waals surface area contributed by atoms with Crippen LogP contribution in [-0.2, 0) is 0 Å². The van der Waals surface area contributed by atoms with Crippen LogP contribution in [0, 0.1) is 5.92 Å². The predicted octanol–water partition coefficient (Wildman–Crippen LogP) is 2.71. The van der Waals surface area contributed by atoms with Gasteiger partial charge < -0.3 is 24.8 Å². The van der Waals surface area contributed by atoms with E-state index in [2.05, 4.69) is 39.7 Å². The molecule has 24 heavy (non-hydrogen) atoms. The van der Waals surface area contributed by atoms with Gasteiger partial charge in [0, 0.05) is 24.4 Å². The Labute approximate surface area is 141 Å². The highest BCUT2D eigenvalue weighted by atomic mass is 16.5. The Morgan fingerprint density at radius 2 is 1.71 bits per heavy atom. The van der Waals surface area contributed by atoms with Crippen LogP contribution in [0.4, 0.5) is 17.5 Å². The van der Waals surface area contributed by atoms with Crippen molar-refractivity contribution in [2.75, 3.05) is 38.5 Å². The topological polar surface area (TPSA) is 90.4 Å². The molecule has 0 aliphatic carbocycles. The standard InChI is InChI=1S/C16H23N5O3/c1-10(2)8-17-16-20-14(9-18-21-16)19-11-6-12(22-3)15(24-5)13(7-11)23-4/h6-7,9-10H,8H2,1-5H3,(H2,17,19,20,21). The van der Waals surface area contributed by atoms with Crippen molar-refractivity contribution < 1.29 is 14.2 Å². The minimum atomic E-state index is 0.473. The van der Waals surface area contributed by atoms with Crippen LogP contribution in [0.2, 0.25) is 0 Å². The van der Waals surface area contributed by atoms with E-state index < -0.39 is 0 Å². The van der Waals surface area contributed by atoms with Crippen LogP contribution >= 0.6 is 0 Å². The smallest absolute Gasteiger partial charge is 0.244 e. The molecule has 2 rings (SSSR count). The summed E-state index contributed by atoms with van der Waals surface area (Å²) in [5.41, 5.74) is 0.736. The van der Waals surface area contributed by atoms with Crippen molar-refractivity contribution >= 4 is 17.5 Å². The zero-order valence-corrected chi connectivity index (χ0v) is 14.6. The molecule has 2 N–H and O–H groups in total. The molecule has 0 atom stereocenters. The first kappa shape index (κ1) is 17.6. The van der Waals surface area contributed by atoms with Crippen LogP contribution in [0.3, 0.4) is 0 Å². The second-order valence-electron chi connectivity index (χ2n) is 5.48. The zero-order chi connectivity index (χ0) is 17.5. The molecular weight excluding hydrogens is 310 g/mol. The van der Waals surface area contributed by atoms with E-state index in [-0.39, 0.29) is 0 Å². The Morgan fingerprint density at radius 3 is 2.25 bits per heavy atom. The van der Waals surface area contributed by atoms with Crippen molar-refractivity contribution in [1.82, 2.24) is 15.2 Å². The van der Waals surface area contributed by atoms with E-state index >= 15 is 0 Å². The molecular formula is C16H23N5O3. The summed E-state index contributed by atoms with van der Waals surface area (Å²) in [5.74, 6) is 3.16. The lowest BCUT2D eigenvalue weighted by molar-refractivity contribution is 0.324. The van der Waals surface area contributed by atoms with E-state index in [0.717, 1.165) is 12.2 Å². The maximum absolute atomic E-state index is 5.34. The fourth-order valence-electron chi connectivity index (χ4n) is 2.04. The van der Waals surface area contributed by atoms with Gasteiger partial charge in [-0.1, -0.05) is 13.8 Å². The highest BCUT2D eigenvalue weighted by Gasteiger charge is 2.13. The van der Waals surface area contributed by atoms with E-state index in [1.54, 1.807) is 39.7 Å². The molecule has 0 aliphatic heterocycles. The van der Waals surface area contributed by atoms with Crippen molar-refractivity contribution in [2.24, 2.45) is 5.92 Å². The van der Waals surface area contributed by atoms with Crippen LogP contribution in [-0.4, -0.2) is 43.1 Å². The minimum absolute atomic E-state index is 0.473. The lowest BCUT2D eigenvalue weighted by atomic mass is 10.2. The predicted molar refractivity (Wildman–Crippen MR) is 92.5 cm³/mol. The molecule has 2 aromatic rings. The normalized spacial score (nSPS) is 10.4. The summed E-state index contributed by atoms with van der Waals surface area (Å²) in [6, 6.07) is 3.59. The number of rotatable bonds is 8. The molecule has 1 aromatic heterocycles. The average molecular weight is 333 g/mol. The van der Waals surface area contributed by atoms with Crippen molar-refractivity contribution in [3.63, 3.8) is 0 Å². The van der Waals surface area contributed by atoms with Gasteiger partial charge in [0.05, 0.1) is 27.5 Å². The van der Waals surface area contributed by atoms with Crippen LogP contribution in [0.5, 0.6) is 17.2 Å². The van der Waals surface area contributed by atoms with Crippen molar-refractivity contribution in [3.05, 3.63) is 18.3 Å². The molecule has 0 unspecified atom stereocenters. The fraction of sp³-hybridized carbons (Fsp3) is 0.438. The summed E-state index contributed by atoms with van der Waals surface area (Å²) in [5, 5.41) is 14.2. The summed E-state index contributed by atoms with van der Waals surface area (Å²) in [6.07, 6.45) is 1.55. The van der Waals surface area contributed by atoms with Gasteiger partial charge in [-0.25, -0.2) is 0 Å². The molecule has 0 amide bonds. The van der Waals surface area contributed by atoms with Gasteiger partial charge in [-0.15, -0.1) is 5.10 Å². The second kappa shape index (κ2) is 8.19. The number of benzene rings is 1. The first-order valence-electron chi connectivity index (χ1n) is 7.58. The van der Waals surface area contributed by atoms with Crippen molar-refractivity contribution in [3.8, 4) is 17.2 Å². The molecule has 1 aromatic carbocycles. The van der Waals surface area contributed by atoms with Gasteiger partial charge in [0.25, 0.3) is 0 Å². The first-order valence-corrected chi connectivity index (χ1v) is 7.58. The zero-order valence-electron chi connectivity index (χ0n) is 14.6. The molecule has 8 nitrogen and oxygen atoms in total. The molecule has 0 aliphatic rings. The lowest BCUT2D eigenvalue weighted by Gasteiger charge is -2.15. The Balaban J connectivity index is 2.23. The van der Waals surface area contributed by atoms with Crippen LogP contribution in [0.15, 0.2) is 18.3 Å². The molecule has 8 heteroatoms. The maximum atomic E-state index is 5.34. The minimum Gasteiger partial charge on any atom is -0.493 e. The van der Waals surface area contributed by atoms with Gasteiger partial charge in [-0.3, -0.25) is 0 Å². The van der Waals surface area contributed by atoms with E-state index in [4.69, 9.17) is 14.2 Å². The molecule has 0 spiro atoms. The SMILES string of the molecule is COc1cc(Nc2cnnc(NCC(C)C)n2)cc(OC)c1OC. The molecule has 0 radical (unpaired) electrons. The fourth-order valence-corrected chi connectivity index (χ4v) is 2.04. The van der Waals surface area contributed by atoms with Gasteiger partial charge in [-0.2, -0.15) is 10.1 Å². The molecule has 0 saturated heterocycles. The van der Waals surface area contributed by atoms with Gasteiger partial charge in [0.2, 0.25) is 11.7 Å². The Hall–Kier alpha value is -2.77. The number of hydrogen-bond donors (Lipinski definition) is 2. The average Bonchev–Trinajstić information content (AvgIpc) is 2.59. The van der Waals surface area contributed by atoms with Crippen molar-refractivity contribution in [1.29, 1.82) is 0 Å². The summed E-state index contributed by atoms with van der Waals surface area (Å²) in [6.45, 7) is 4.99. The molecule has 1 heterocycles. The Kier molecular flexibility index (Phi) is 6.00. The monoisotopic (exact) mass is 333 g/mol. The molecule has 0 fully saturated rings. The second-order valence-corrected chi connectivity index (χ2v) is 5.48. The quantitative estimate of drug-likeness (QED) is 0.762. The molecule has 130 valence electrons. The van der Waals surface area contributed by atoms with Crippen LogP contribution in [0.25, 0.3) is 0 Å². The Morgan fingerprint density at radius 1 is 1.04 bits per heavy atom. The number of nitrogens with zero attached hydrogens (tertiary/aromatic N) is 3. The third-order valence-corrected chi connectivity index (χ3v) is 3.16.